The predicted octanol–water partition coefficient (Wildman–Crippen LogP) is -1.76. The van der Waals surface area contributed by atoms with Crippen molar-refractivity contribution >= 4 is 57.6 Å². The Labute approximate surface area is 204 Å². The number of thioether (sulfide) groups is 1. The summed E-state index contributed by atoms with van der Waals surface area (Å²) in [5, 5.41) is 23.9. The van der Waals surface area contributed by atoms with Crippen molar-refractivity contribution in [1.82, 2.24) is 34.4 Å². The number of rotatable bonds is 7. The van der Waals surface area contributed by atoms with Gasteiger partial charge in [-0.1, -0.05) is 10.3 Å². The van der Waals surface area contributed by atoms with E-state index in [0.29, 0.717) is 17.0 Å². The number of nitrogens with zero attached hydrogens (tertiary/aromatic N) is 8. The van der Waals surface area contributed by atoms with Gasteiger partial charge in [-0.3, -0.25) is 14.5 Å². The van der Waals surface area contributed by atoms with Crippen molar-refractivity contribution in [2.45, 2.75) is 18.0 Å². The average molecular weight is 518 g/mol. The van der Waals surface area contributed by atoms with E-state index >= 15 is 0 Å². The van der Waals surface area contributed by atoms with E-state index in [1.165, 1.54) is 28.4 Å². The Hall–Kier alpha value is -4.12. The first-order valence-electron chi connectivity index (χ1n) is 9.99. The smallest absolute Gasteiger partial charge is 0.352 e. The van der Waals surface area contributed by atoms with Crippen LogP contribution < -0.4 is 15.6 Å². The summed E-state index contributed by atoms with van der Waals surface area (Å²) in [4.78, 5) is 47.8. The van der Waals surface area contributed by atoms with Gasteiger partial charge in [0.1, 0.15) is 24.2 Å². The number of amides is 2. The minimum atomic E-state index is -1.23. The van der Waals surface area contributed by atoms with Gasteiger partial charge in [0.15, 0.2) is 5.13 Å². The van der Waals surface area contributed by atoms with Crippen LogP contribution in [0.15, 0.2) is 41.1 Å². The Morgan fingerprint density at radius 3 is 2.97 bits per heavy atom. The van der Waals surface area contributed by atoms with Gasteiger partial charge in [-0.15, -0.1) is 11.8 Å². The second-order valence-electron chi connectivity index (χ2n) is 7.33. The zero-order chi connectivity index (χ0) is 24.7. The number of carbonyl (C=O) groups is 3. The van der Waals surface area contributed by atoms with Crippen molar-refractivity contribution in [3.05, 3.63) is 41.8 Å². The molecule has 3 aromatic rings. The van der Waals surface area contributed by atoms with E-state index in [4.69, 9.17) is 10.6 Å². The highest BCUT2D eigenvalue weighted by atomic mass is 32.2. The first kappa shape index (κ1) is 22.7. The number of oxime groups is 1. The Morgan fingerprint density at radius 1 is 1.43 bits per heavy atom. The maximum absolute atomic E-state index is 13.0. The first-order valence-corrected chi connectivity index (χ1v) is 11.8. The third-order valence-corrected chi connectivity index (χ3v) is 7.14. The largest absolute Gasteiger partial charge is 0.477 e. The number of nitrogens with one attached hydrogen (secondary N) is 1. The lowest BCUT2D eigenvalue weighted by Crippen LogP contribution is -2.71. The van der Waals surface area contributed by atoms with Gasteiger partial charge >= 0.3 is 5.97 Å². The highest BCUT2D eigenvalue weighted by Gasteiger charge is 2.54. The Morgan fingerprint density at radius 2 is 2.26 bits per heavy atom. The summed E-state index contributed by atoms with van der Waals surface area (Å²) in [5.41, 5.74) is 6.41. The fourth-order valence-corrected chi connectivity index (χ4v) is 5.54. The van der Waals surface area contributed by atoms with E-state index in [-0.39, 0.29) is 28.9 Å². The van der Waals surface area contributed by atoms with Gasteiger partial charge in [-0.25, -0.2) is 9.36 Å². The van der Waals surface area contributed by atoms with Crippen molar-refractivity contribution in [2.24, 2.45) is 5.16 Å². The summed E-state index contributed by atoms with van der Waals surface area (Å²) in [7, 11) is 1.25. The van der Waals surface area contributed by atoms with E-state index in [9.17, 15) is 19.5 Å². The normalized spacial score (nSPS) is 20.0. The van der Waals surface area contributed by atoms with Gasteiger partial charge in [-0.2, -0.15) is 9.36 Å². The first-order chi connectivity index (χ1) is 16.9. The molecule has 0 bridgehead atoms. The Kier molecular flexibility index (Phi) is 5.77. The lowest BCUT2D eigenvalue weighted by atomic mass is 10.0. The molecule has 2 amide bonds. The number of carboxylic acid groups (broad SMARTS) is 1. The van der Waals surface area contributed by atoms with Crippen LogP contribution in [0.2, 0.25) is 0 Å². The zero-order valence-electron chi connectivity index (χ0n) is 17.9. The Balaban J connectivity index is 1.37. The molecular formula is C18H17N10O5S2+. The number of carbonyl (C=O) groups excluding carboxylic acids is 2. The molecule has 0 spiro atoms. The van der Waals surface area contributed by atoms with Gasteiger partial charge in [0, 0.05) is 33.6 Å². The maximum atomic E-state index is 13.0. The molecule has 2 aliphatic heterocycles. The number of carboxylic acids is 1. The van der Waals surface area contributed by atoms with Crippen LogP contribution in [0.5, 0.6) is 0 Å². The van der Waals surface area contributed by atoms with Gasteiger partial charge < -0.3 is 21.0 Å². The number of hydrogen-bond acceptors (Lipinski definition) is 12. The van der Waals surface area contributed by atoms with Crippen molar-refractivity contribution in [2.75, 3.05) is 18.6 Å². The van der Waals surface area contributed by atoms with Crippen LogP contribution in [0, 0.1) is 0 Å². The number of nitrogen functional groups attached to an aromatic ring is 1. The molecule has 0 aromatic carbocycles. The van der Waals surface area contributed by atoms with Crippen LogP contribution in [0.25, 0.3) is 5.65 Å². The number of hydrogen-bond donors (Lipinski definition) is 3. The predicted molar refractivity (Wildman–Crippen MR) is 121 cm³/mol. The van der Waals surface area contributed by atoms with Crippen molar-refractivity contribution in [1.29, 1.82) is 0 Å². The molecule has 0 saturated carbocycles. The standard InChI is InChI=1S/C18H16N10O5S2/c1-33-24-10(13-23-18(19)35-25-13)14(29)22-11-15(30)27-12(17(31)32)8(6-34-16(11)27)5-26-7-21-28-9(26)3-2-4-20-28/h2-4,7,11,16H,5-6H2,1H3,(H3-,19,22,23,25,29,31,32)/p+1/b24-10+/t11-,16-/m1/s1. The molecule has 180 valence electrons. The number of aliphatic carboxylic acids is 1. The molecule has 35 heavy (non-hydrogen) atoms. The summed E-state index contributed by atoms with van der Waals surface area (Å²) < 4.78 is 7.11. The SMILES string of the molecule is CO/N=C(/C(=O)N[C@@H]1C(=O)N2C(C(=O)O)=C(C[n+]3cnn4ncccc43)CS[C@H]12)c1nsc(N)n1. The molecule has 0 aliphatic carbocycles. The second kappa shape index (κ2) is 8.91. The summed E-state index contributed by atoms with van der Waals surface area (Å²) >= 11 is 2.22. The summed E-state index contributed by atoms with van der Waals surface area (Å²) in [6.07, 6.45) is 3.13. The third kappa shape index (κ3) is 3.93. The van der Waals surface area contributed by atoms with Gasteiger partial charge in [0.25, 0.3) is 23.8 Å². The lowest BCUT2D eigenvalue weighted by Gasteiger charge is -2.49. The zero-order valence-corrected chi connectivity index (χ0v) is 19.6. The maximum Gasteiger partial charge on any atom is 0.352 e. The van der Waals surface area contributed by atoms with Crippen LogP contribution in [0.4, 0.5) is 5.13 Å². The summed E-state index contributed by atoms with van der Waals surface area (Å²) in [5.74, 6) is -2.25. The van der Waals surface area contributed by atoms with Gasteiger partial charge in [0.05, 0.1) is 17.8 Å². The molecule has 2 aliphatic rings. The molecule has 17 heteroatoms. The van der Waals surface area contributed by atoms with Crippen molar-refractivity contribution in [3.63, 3.8) is 0 Å². The van der Waals surface area contributed by atoms with Gasteiger partial charge in [-0.05, 0) is 6.07 Å². The second-order valence-corrected chi connectivity index (χ2v) is 9.22. The van der Waals surface area contributed by atoms with E-state index < -0.39 is 29.2 Å². The van der Waals surface area contributed by atoms with Crippen LogP contribution >= 0.6 is 23.3 Å². The molecule has 0 radical (unpaired) electrons. The van der Waals surface area contributed by atoms with E-state index in [0.717, 1.165) is 11.5 Å². The summed E-state index contributed by atoms with van der Waals surface area (Å²) in [6.45, 7) is 0.207. The fourth-order valence-electron chi connectivity index (χ4n) is 3.77. The molecule has 5 rings (SSSR count). The molecule has 4 N–H and O–H groups in total. The summed E-state index contributed by atoms with van der Waals surface area (Å²) in [6, 6.07) is 2.58. The van der Waals surface area contributed by atoms with E-state index in [1.54, 1.807) is 29.2 Å². The molecule has 1 saturated heterocycles. The number of aromatic nitrogens is 6. The molecule has 2 atom stereocenters. The molecule has 3 aromatic heterocycles. The molecule has 5 heterocycles. The van der Waals surface area contributed by atoms with E-state index in [1.807, 2.05) is 0 Å². The number of fused-ring (bicyclic) bond motifs is 2. The molecule has 0 unspecified atom stereocenters. The third-order valence-electron chi connectivity index (χ3n) is 5.26. The quantitative estimate of drug-likeness (QED) is 0.139. The fraction of sp³-hybridized carbons (Fsp3) is 0.278. The monoisotopic (exact) mass is 517 g/mol. The topological polar surface area (TPSA) is 194 Å². The van der Waals surface area contributed by atoms with Crippen LogP contribution in [0.1, 0.15) is 5.82 Å². The molecular weight excluding hydrogens is 500 g/mol. The lowest BCUT2D eigenvalue weighted by molar-refractivity contribution is -0.664. The Bertz CT molecular complexity index is 1420. The van der Waals surface area contributed by atoms with Crippen molar-refractivity contribution < 1.29 is 28.9 Å². The molecule has 15 nitrogen and oxygen atoms in total. The van der Waals surface area contributed by atoms with Crippen molar-refractivity contribution in [3.8, 4) is 0 Å². The number of β-lactam (4-membered cyclic amide) rings is 1. The van der Waals surface area contributed by atoms with Gasteiger partial charge in [0.2, 0.25) is 11.5 Å². The minimum Gasteiger partial charge on any atom is -0.477 e. The minimum absolute atomic E-state index is 0.0416. The highest BCUT2D eigenvalue weighted by Crippen LogP contribution is 2.40. The van der Waals surface area contributed by atoms with Crippen LogP contribution in [0.3, 0.4) is 0 Å². The molecule has 1 fully saturated rings. The average Bonchev–Trinajstić information content (AvgIpc) is 3.46. The van der Waals surface area contributed by atoms with E-state index in [2.05, 4.69) is 30.0 Å². The number of nitrogens with two attached hydrogens (primary N) is 1. The number of anilines is 1. The van der Waals surface area contributed by atoms with Crippen LogP contribution in [-0.2, 0) is 25.8 Å². The highest BCUT2D eigenvalue weighted by molar-refractivity contribution is 8.00. The van der Waals surface area contributed by atoms with Crippen LogP contribution in [-0.4, -0.2) is 82.0 Å².